The summed E-state index contributed by atoms with van der Waals surface area (Å²) in [6.07, 6.45) is 9.27. The second kappa shape index (κ2) is 12.5. The molecule has 0 radical (unpaired) electrons. The van der Waals surface area contributed by atoms with Gasteiger partial charge in [-0.1, -0.05) is 94.5 Å². The second-order valence-corrected chi connectivity index (χ2v) is 10.8. The third-order valence-electron chi connectivity index (χ3n) is 5.73. The quantitative estimate of drug-likeness (QED) is 0.259. The highest BCUT2D eigenvalue weighted by atomic mass is 32.3. The predicted octanol–water partition coefficient (Wildman–Crippen LogP) is 8.74. The summed E-state index contributed by atoms with van der Waals surface area (Å²) in [4.78, 5) is 15.8. The van der Waals surface area contributed by atoms with Gasteiger partial charge in [-0.05, 0) is 65.1 Å². The van der Waals surface area contributed by atoms with Crippen LogP contribution >= 0.6 is 10.3 Å². The van der Waals surface area contributed by atoms with Gasteiger partial charge < -0.3 is 4.18 Å². The fourth-order valence-corrected chi connectivity index (χ4v) is 7.03. The Morgan fingerprint density at radius 1 is 0.656 bits per heavy atom. The summed E-state index contributed by atoms with van der Waals surface area (Å²) in [5.41, 5.74) is 1.35. The van der Waals surface area contributed by atoms with Crippen molar-refractivity contribution in [2.75, 3.05) is 0 Å². The standard InChI is InChI=1S/C29H36O2S/c1-3-5-6-7-8-11-16-25-21-23-28(24-22-25)32(31-29(30)4-2,26-17-12-9-13-18-26)27-19-14-10-15-20-27/h9-10,12-15,17-24H,3-8,11,16H2,1-2H3. The number of hydrogen-bond acceptors (Lipinski definition) is 2. The summed E-state index contributed by atoms with van der Waals surface area (Å²) < 4.78 is 6.37. The Morgan fingerprint density at radius 2 is 1.16 bits per heavy atom. The van der Waals surface area contributed by atoms with Crippen molar-refractivity contribution < 1.29 is 8.98 Å². The molecule has 0 aliphatic heterocycles. The molecule has 32 heavy (non-hydrogen) atoms. The van der Waals surface area contributed by atoms with Gasteiger partial charge in [-0.3, -0.25) is 4.79 Å². The Hall–Kier alpha value is -2.52. The zero-order valence-electron chi connectivity index (χ0n) is 19.5. The SMILES string of the molecule is CCCCCCCCc1ccc(S(OC(=O)CC)(c2ccccc2)c2ccccc2)cc1. The minimum Gasteiger partial charge on any atom is -0.402 e. The van der Waals surface area contributed by atoms with E-state index in [1.165, 1.54) is 44.1 Å². The van der Waals surface area contributed by atoms with Crippen LogP contribution in [0.15, 0.2) is 99.6 Å². The number of unbranched alkanes of at least 4 members (excludes halogenated alkanes) is 5. The summed E-state index contributed by atoms with van der Waals surface area (Å²) >= 11 is 0. The van der Waals surface area contributed by atoms with E-state index in [0.29, 0.717) is 6.42 Å². The Labute approximate surface area is 195 Å². The van der Waals surface area contributed by atoms with Crippen LogP contribution in [0, 0.1) is 0 Å². The van der Waals surface area contributed by atoms with Crippen molar-refractivity contribution in [1.29, 1.82) is 0 Å². The molecule has 0 unspecified atom stereocenters. The minimum absolute atomic E-state index is 0.177. The summed E-state index contributed by atoms with van der Waals surface area (Å²) in [7, 11) is -2.15. The van der Waals surface area contributed by atoms with Crippen molar-refractivity contribution in [2.24, 2.45) is 0 Å². The molecule has 0 aromatic heterocycles. The Morgan fingerprint density at radius 3 is 1.69 bits per heavy atom. The van der Waals surface area contributed by atoms with Crippen LogP contribution < -0.4 is 0 Å². The largest absolute Gasteiger partial charge is 0.402 e. The van der Waals surface area contributed by atoms with E-state index < -0.39 is 10.3 Å². The molecule has 0 saturated heterocycles. The van der Waals surface area contributed by atoms with Gasteiger partial charge in [0.1, 0.15) is 0 Å². The van der Waals surface area contributed by atoms with Gasteiger partial charge in [0.25, 0.3) is 0 Å². The van der Waals surface area contributed by atoms with Gasteiger partial charge >= 0.3 is 5.97 Å². The molecule has 3 heteroatoms. The molecule has 0 bridgehead atoms. The van der Waals surface area contributed by atoms with Gasteiger partial charge in [0.2, 0.25) is 0 Å². The fourth-order valence-electron chi connectivity index (χ4n) is 3.93. The van der Waals surface area contributed by atoms with Gasteiger partial charge in [-0.25, -0.2) is 0 Å². The van der Waals surface area contributed by atoms with Gasteiger partial charge in [-0.15, -0.1) is 0 Å². The lowest BCUT2D eigenvalue weighted by molar-refractivity contribution is -0.133. The zero-order valence-corrected chi connectivity index (χ0v) is 20.3. The summed E-state index contributed by atoms with van der Waals surface area (Å²) in [5, 5.41) is 0. The average molecular weight is 449 g/mol. The molecule has 0 amide bonds. The van der Waals surface area contributed by atoms with E-state index in [0.717, 1.165) is 21.1 Å². The van der Waals surface area contributed by atoms with E-state index in [9.17, 15) is 4.79 Å². The molecule has 0 heterocycles. The van der Waals surface area contributed by atoms with Crippen molar-refractivity contribution in [1.82, 2.24) is 0 Å². The molecule has 0 saturated carbocycles. The maximum absolute atomic E-state index is 12.7. The second-order valence-electron chi connectivity index (χ2n) is 8.15. The lowest BCUT2D eigenvalue weighted by Crippen LogP contribution is -2.13. The molecule has 0 atom stereocenters. The molecule has 2 nitrogen and oxygen atoms in total. The van der Waals surface area contributed by atoms with Gasteiger partial charge in [-0.2, -0.15) is 0 Å². The normalized spacial score (nSPS) is 11.8. The van der Waals surface area contributed by atoms with Crippen LogP contribution in [0.5, 0.6) is 0 Å². The fraction of sp³-hybridized carbons (Fsp3) is 0.345. The van der Waals surface area contributed by atoms with Crippen molar-refractivity contribution in [3.8, 4) is 0 Å². The van der Waals surface area contributed by atoms with Gasteiger partial charge in [0, 0.05) is 21.1 Å². The smallest absolute Gasteiger partial charge is 0.316 e. The van der Waals surface area contributed by atoms with Crippen molar-refractivity contribution >= 4 is 16.3 Å². The summed E-state index contributed by atoms with van der Waals surface area (Å²) in [5.74, 6) is -0.177. The number of benzene rings is 3. The van der Waals surface area contributed by atoms with E-state index in [1.807, 2.05) is 43.3 Å². The van der Waals surface area contributed by atoms with E-state index in [-0.39, 0.29) is 5.97 Å². The highest BCUT2D eigenvalue weighted by Gasteiger charge is 2.35. The lowest BCUT2D eigenvalue weighted by Gasteiger charge is -2.39. The predicted molar refractivity (Wildman–Crippen MR) is 135 cm³/mol. The van der Waals surface area contributed by atoms with Gasteiger partial charge in [0.05, 0.1) is 0 Å². The Balaban J connectivity index is 1.92. The average Bonchev–Trinajstić information content (AvgIpc) is 2.86. The van der Waals surface area contributed by atoms with Crippen molar-refractivity contribution in [2.45, 2.75) is 79.9 Å². The number of aryl methyl sites for hydroxylation is 1. The van der Waals surface area contributed by atoms with Crippen LogP contribution in [-0.2, 0) is 15.4 Å². The first kappa shape index (κ1) is 24.1. The number of hydrogen-bond donors (Lipinski definition) is 0. The monoisotopic (exact) mass is 448 g/mol. The summed E-state index contributed by atoms with van der Waals surface area (Å²) in [6.45, 7) is 4.11. The van der Waals surface area contributed by atoms with Crippen LogP contribution in [0.3, 0.4) is 0 Å². The molecule has 170 valence electrons. The molecule has 3 aromatic rings. The lowest BCUT2D eigenvalue weighted by atomic mass is 10.1. The topological polar surface area (TPSA) is 26.3 Å². The highest BCUT2D eigenvalue weighted by Crippen LogP contribution is 2.69. The third-order valence-corrected chi connectivity index (χ3v) is 8.98. The van der Waals surface area contributed by atoms with Crippen LogP contribution in [0.2, 0.25) is 0 Å². The van der Waals surface area contributed by atoms with E-state index in [2.05, 4.69) is 55.5 Å². The van der Waals surface area contributed by atoms with Crippen molar-refractivity contribution in [3.05, 3.63) is 90.5 Å². The van der Waals surface area contributed by atoms with Crippen LogP contribution in [0.4, 0.5) is 0 Å². The molecule has 0 N–H and O–H groups in total. The first-order valence-corrected chi connectivity index (χ1v) is 13.5. The van der Waals surface area contributed by atoms with Crippen LogP contribution in [0.1, 0.15) is 64.4 Å². The van der Waals surface area contributed by atoms with Crippen molar-refractivity contribution in [3.63, 3.8) is 0 Å². The number of carbonyl (C=O) groups excluding carboxylic acids is 1. The third kappa shape index (κ3) is 6.04. The Kier molecular flexibility index (Phi) is 9.43. The van der Waals surface area contributed by atoms with E-state index in [4.69, 9.17) is 4.18 Å². The van der Waals surface area contributed by atoms with E-state index >= 15 is 0 Å². The molecule has 0 spiro atoms. The molecule has 0 fully saturated rings. The molecular formula is C29H36O2S. The highest BCUT2D eigenvalue weighted by molar-refractivity contribution is 8.30. The van der Waals surface area contributed by atoms with E-state index in [1.54, 1.807) is 0 Å². The van der Waals surface area contributed by atoms with Crippen LogP contribution in [0.25, 0.3) is 0 Å². The summed E-state index contributed by atoms with van der Waals surface area (Å²) in [6, 6.07) is 29.2. The maximum Gasteiger partial charge on any atom is 0.316 e. The molecule has 3 aromatic carbocycles. The minimum atomic E-state index is -2.15. The number of carbonyl (C=O) groups is 1. The number of rotatable bonds is 12. The zero-order chi connectivity index (χ0) is 22.7. The molecule has 3 rings (SSSR count). The first-order chi connectivity index (χ1) is 15.7. The van der Waals surface area contributed by atoms with Crippen LogP contribution in [-0.4, -0.2) is 5.97 Å². The molecule has 0 aliphatic rings. The Bertz CT molecular complexity index is 896. The first-order valence-electron chi connectivity index (χ1n) is 12.0. The molecule has 0 aliphatic carbocycles. The molecular weight excluding hydrogens is 412 g/mol. The maximum atomic E-state index is 12.7. The van der Waals surface area contributed by atoms with Gasteiger partial charge in [0.15, 0.2) is 0 Å².